The molecule has 0 spiro atoms. The maximum absolute atomic E-state index is 13.6. The van der Waals surface area contributed by atoms with Gasteiger partial charge in [-0.15, -0.1) is 11.3 Å². The molecule has 1 fully saturated rings. The fourth-order valence-corrected chi connectivity index (χ4v) is 5.11. The van der Waals surface area contributed by atoms with E-state index in [4.69, 9.17) is 32.4 Å². The van der Waals surface area contributed by atoms with Crippen molar-refractivity contribution in [2.75, 3.05) is 46.4 Å². The minimum absolute atomic E-state index is 0.413. The van der Waals surface area contributed by atoms with E-state index in [-0.39, 0.29) is 0 Å². The lowest BCUT2D eigenvalue weighted by Gasteiger charge is -2.32. The fourth-order valence-electron chi connectivity index (χ4n) is 3.64. The molecule has 3 heterocycles. The zero-order chi connectivity index (χ0) is 21.3. The molecule has 160 valence electrons. The van der Waals surface area contributed by atoms with Crippen molar-refractivity contribution in [1.82, 2.24) is 9.80 Å². The highest BCUT2D eigenvalue weighted by atomic mass is 35.5. The van der Waals surface area contributed by atoms with Crippen LogP contribution in [0.15, 0.2) is 34.1 Å². The molecule has 0 saturated carbocycles. The molecule has 0 atom stereocenters. The van der Waals surface area contributed by atoms with Crippen molar-refractivity contribution in [1.29, 1.82) is 0 Å². The first-order valence-electron chi connectivity index (χ1n) is 9.80. The van der Waals surface area contributed by atoms with Crippen LogP contribution in [-0.2, 0) is 0 Å². The number of rotatable bonds is 6. The zero-order valence-corrected chi connectivity index (χ0v) is 19.2. The Kier molecular flexibility index (Phi) is 6.70. The summed E-state index contributed by atoms with van der Waals surface area (Å²) in [6, 6.07) is 5.92. The number of halogens is 3. The molecule has 8 heteroatoms. The molecule has 4 nitrogen and oxygen atoms in total. The third kappa shape index (κ3) is 4.53. The summed E-state index contributed by atoms with van der Waals surface area (Å²) in [5, 5.41) is 3.07. The van der Waals surface area contributed by atoms with E-state index in [0.29, 0.717) is 33.7 Å². The Morgan fingerprint density at radius 3 is 2.57 bits per heavy atom. The minimum Gasteiger partial charge on any atom is -0.491 e. The Hall–Kier alpha value is -1.57. The van der Waals surface area contributed by atoms with Crippen LogP contribution >= 0.6 is 34.5 Å². The summed E-state index contributed by atoms with van der Waals surface area (Å²) >= 11 is 14.6. The highest BCUT2D eigenvalue weighted by Gasteiger charge is 2.22. The van der Waals surface area contributed by atoms with Crippen molar-refractivity contribution in [3.63, 3.8) is 0 Å². The second kappa shape index (κ2) is 9.28. The number of furan rings is 1. The summed E-state index contributed by atoms with van der Waals surface area (Å²) in [5.74, 6) is 0.974. The third-order valence-electron chi connectivity index (χ3n) is 5.41. The number of benzene rings is 1. The highest BCUT2D eigenvalue weighted by Crippen LogP contribution is 2.47. The SMILES string of the molecule is Cc1c(Cl)c(OCCN2CCN(C)CC2)cc(-c2ccc(F)o2)c1-c1sccc1Cl. The maximum Gasteiger partial charge on any atom is 0.278 e. The van der Waals surface area contributed by atoms with Gasteiger partial charge in [0, 0.05) is 49.9 Å². The monoisotopic (exact) mass is 468 g/mol. The fraction of sp³-hybridized carbons (Fsp3) is 0.364. The van der Waals surface area contributed by atoms with Crippen LogP contribution in [0, 0.1) is 12.9 Å². The van der Waals surface area contributed by atoms with Crippen molar-refractivity contribution < 1.29 is 13.5 Å². The van der Waals surface area contributed by atoms with E-state index in [1.807, 2.05) is 24.4 Å². The predicted octanol–water partition coefficient (Wildman–Crippen LogP) is 6.06. The van der Waals surface area contributed by atoms with Gasteiger partial charge in [-0.05, 0) is 43.1 Å². The van der Waals surface area contributed by atoms with Crippen LogP contribution in [0.4, 0.5) is 4.39 Å². The molecule has 1 aliphatic heterocycles. The molecule has 30 heavy (non-hydrogen) atoms. The first kappa shape index (κ1) is 21.7. The normalized spacial score (nSPS) is 15.6. The molecule has 0 radical (unpaired) electrons. The molecule has 4 rings (SSSR count). The van der Waals surface area contributed by atoms with Crippen molar-refractivity contribution in [3.05, 3.63) is 51.3 Å². The van der Waals surface area contributed by atoms with Crippen LogP contribution in [-0.4, -0.2) is 56.2 Å². The zero-order valence-electron chi connectivity index (χ0n) is 16.9. The van der Waals surface area contributed by atoms with E-state index in [1.165, 1.54) is 17.4 Å². The van der Waals surface area contributed by atoms with Gasteiger partial charge in [-0.2, -0.15) is 4.39 Å². The number of hydrogen-bond donors (Lipinski definition) is 0. The van der Waals surface area contributed by atoms with Crippen molar-refractivity contribution >= 4 is 34.5 Å². The largest absolute Gasteiger partial charge is 0.491 e. The molecule has 2 aromatic heterocycles. The van der Waals surface area contributed by atoms with Crippen LogP contribution in [0.25, 0.3) is 21.8 Å². The molecule has 0 N–H and O–H groups in total. The summed E-state index contributed by atoms with van der Waals surface area (Å²) < 4.78 is 25.0. The van der Waals surface area contributed by atoms with Crippen LogP contribution < -0.4 is 4.74 Å². The summed E-state index contributed by atoms with van der Waals surface area (Å²) in [6.45, 7) is 7.44. The summed E-state index contributed by atoms with van der Waals surface area (Å²) in [4.78, 5) is 5.57. The average molecular weight is 469 g/mol. The molecular weight excluding hydrogens is 446 g/mol. The van der Waals surface area contributed by atoms with Gasteiger partial charge in [-0.25, -0.2) is 0 Å². The number of likely N-dealkylation sites (N-methyl/N-ethyl adjacent to an activating group) is 1. The highest BCUT2D eigenvalue weighted by molar-refractivity contribution is 7.14. The predicted molar refractivity (Wildman–Crippen MR) is 122 cm³/mol. The first-order valence-corrected chi connectivity index (χ1v) is 11.4. The Balaban J connectivity index is 1.63. The van der Waals surface area contributed by atoms with Crippen LogP contribution in [0.3, 0.4) is 0 Å². The second-order valence-corrected chi connectivity index (χ2v) is 9.13. The molecule has 1 aliphatic rings. The molecule has 0 bridgehead atoms. The first-order chi connectivity index (χ1) is 14.4. The van der Waals surface area contributed by atoms with Crippen molar-refractivity contribution in [3.8, 4) is 27.5 Å². The molecule has 0 aliphatic carbocycles. The van der Waals surface area contributed by atoms with E-state index in [2.05, 4.69) is 16.8 Å². The standard InChI is InChI=1S/C22H23Cl2FN2O2S/c1-14-20(22-16(23)5-12-30-22)15(17-3-4-19(25)29-17)13-18(21(14)24)28-11-10-27-8-6-26(2)7-9-27/h3-5,12-13H,6-11H2,1-2H3. The maximum atomic E-state index is 13.6. The number of thiophene rings is 1. The molecule has 3 aromatic rings. The lowest BCUT2D eigenvalue weighted by molar-refractivity contribution is 0.134. The van der Waals surface area contributed by atoms with E-state index < -0.39 is 6.01 Å². The van der Waals surface area contributed by atoms with E-state index in [9.17, 15) is 4.39 Å². The smallest absolute Gasteiger partial charge is 0.278 e. The summed E-state index contributed by atoms with van der Waals surface area (Å²) in [7, 11) is 2.14. The van der Waals surface area contributed by atoms with Crippen LogP contribution in [0.2, 0.25) is 10.0 Å². The van der Waals surface area contributed by atoms with Gasteiger partial charge in [-0.1, -0.05) is 23.2 Å². The summed E-state index contributed by atoms with van der Waals surface area (Å²) in [5.41, 5.74) is 2.37. The second-order valence-electron chi connectivity index (χ2n) is 7.43. The average Bonchev–Trinajstić information content (AvgIpc) is 3.35. The van der Waals surface area contributed by atoms with Crippen molar-refractivity contribution in [2.24, 2.45) is 0 Å². The third-order valence-corrected chi connectivity index (χ3v) is 7.24. The van der Waals surface area contributed by atoms with Gasteiger partial charge in [0.15, 0.2) is 0 Å². The summed E-state index contributed by atoms with van der Waals surface area (Å²) in [6.07, 6.45) is 0. The van der Waals surface area contributed by atoms with Gasteiger partial charge in [0.05, 0.1) is 14.9 Å². The van der Waals surface area contributed by atoms with Gasteiger partial charge in [0.25, 0.3) is 6.01 Å². The Bertz CT molecular complexity index is 1030. The minimum atomic E-state index is -0.640. The number of piperazine rings is 1. The topological polar surface area (TPSA) is 28.9 Å². The van der Waals surface area contributed by atoms with Gasteiger partial charge >= 0.3 is 0 Å². The van der Waals surface area contributed by atoms with E-state index >= 15 is 0 Å². The quantitative estimate of drug-likeness (QED) is 0.439. The lowest BCUT2D eigenvalue weighted by atomic mass is 9.98. The Labute approximate surface area is 189 Å². The van der Waals surface area contributed by atoms with E-state index in [1.54, 1.807) is 6.07 Å². The number of ether oxygens (including phenoxy) is 1. The Morgan fingerprint density at radius 2 is 1.93 bits per heavy atom. The molecule has 1 aromatic carbocycles. The van der Waals surface area contributed by atoms with Gasteiger partial charge in [0.2, 0.25) is 0 Å². The molecule has 0 unspecified atom stereocenters. The molecule has 1 saturated heterocycles. The molecule has 0 amide bonds. The van der Waals surface area contributed by atoms with Gasteiger partial charge < -0.3 is 14.1 Å². The van der Waals surface area contributed by atoms with Crippen molar-refractivity contribution in [2.45, 2.75) is 6.92 Å². The van der Waals surface area contributed by atoms with E-state index in [0.717, 1.165) is 48.7 Å². The Morgan fingerprint density at radius 1 is 1.17 bits per heavy atom. The molecular formula is C22H23Cl2FN2O2S. The number of nitrogens with zero attached hydrogens (tertiary/aromatic N) is 2. The van der Waals surface area contributed by atoms with Gasteiger partial charge in [-0.3, -0.25) is 4.90 Å². The van der Waals surface area contributed by atoms with Crippen LogP contribution in [0.5, 0.6) is 5.75 Å². The number of hydrogen-bond acceptors (Lipinski definition) is 5. The van der Waals surface area contributed by atoms with Gasteiger partial charge in [0.1, 0.15) is 18.1 Å². The lowest BCUT2D eigenvalue weighted by Crippen LogP contribution is -2.45. The van der Waals surface area contributed by atoms with Crippen LogP contribution in [0.1, 0.15) is 5.56 Å².